The summed E-state index contributed by atoms with van der Waals surface area (Å²) in [7, 11) is 1.52. The molecular formula is C12H21N3O4. The smallest absolute Gasteiger partial charge is 0.317 e. The Morgan fingerprint density at radius 3 is 2.42 bits per heavy atom. The molecule has 1 saturated heterocycles. The van der Waals surface area contributed by atoms with E-state index in [9.17, 15) is 14.4 Å². The standard InChI is InChI=1S/C12H21N3O4/c1-9(11(17)18)7-13-12(19)14(2)8-10(16)15-5-3-4-6-15/h9H,3-8H2,1-2H3,(H,13,19)(H,17,18). The number of hydrogen-bond donors (Lipinski definition) is 2. The molecule has 0 bridgehead atoms. The van der Waals surface area contributed by atoms with Crippen LogP contribution >= 0.6 is 0 Å². The van der Waals surface area contributed by atoms with Crippen LogP contribution in [0.3, 0.4) is 0 Å². The number of likely N-dealkylation sites (tertiary alicyclic amines) is 1. The van der Waals surface area contributed by atoms with Gasteiger partial charge in [-0.2, -0.15) is 0 Å². The molecule has 7 heteroatoms. The predicted molar refractivity (Wildman–Crippen MR) is 68.6 cm³/mol. The minimum atomic E-state index is -0.962. The highest BCUT2D eigenvalue weighted by molar-refractivity contribution is 5.84. The number of nitrogens with one attached hydrogen (secondary N) is 1. The van der Waals surface area contributed by atoms with Gasteiger partial charge >= 0.3 is 12.0 Å². The molecule has 0 aliphatic carbocycles. The summed E-state index contributed by atoms with van der Waals surface area (Å²) in [6.07, 6.45) is 2.02. The molecular weight excluding hydrogens is 250 g/mol. The van der Waals surface area contributed by atoms with Crippen molar-refractivity contribution in [3.05, 3.63) is 0 Å². The number of rotatable bonds is 5. The summed E-state index contributed by atoms with van der Waals surface area (Å²) in [5.74, 6) is -1.68. The molecule has 2 N–H and O–H groups in total. The molecule has 1 unspecified atom stereocenters. The van der Waals surface area contributed by atoms with E-state index in [1.807, 2.05) is 0 Å². The quantitative estimate of drug-likeness (QED) is 0.735. The van der Waals surface area contributed by atoms with E-state index in [2.05, 4.69) is 5.32 Å². The zero-order valence-corrected chi connectivity index (χ0v) is 11.4. The SMILES string of the molecule is CC(CNC(=O)N(C)CC(=O)N1CCCC1)C(=O)O. The zero-order chi connectivity index (χ0) is 14.4. The largest absolute Gasteiger partial charge is 0.481 e. The molecule has 1 rings (SSSR count). The Morgan fingerprint density at radius 2 is 1.89 bits per heavy atom. The summed E-state index contributed by atoms with van der Waals surface area (Å²) in [6, 6.07) is -0.430. The van der Waals surface area contributed by atoms with E-state index in [0.717, 1.165) is 25.9 Å². The van der Waals surface area contributed by atoms with Gasteiger partial charge in [-0.05, 0) is 12.8 Å². The summed E-state index contributed by atoms with van der Waals surface area (Å²) >= 11 is 0. The molecule has 3 amide bonds. The number of carbonyl (C=O) groups is 3. The van der Waals surface area contributed by atoms with Crippen LogP contribution in [0, 0.1) is 5.92 Å². The Labute approximate surface area is 112 Å². The first-order valence-electron chi connectivity index (χ1n) is 6.41. The molecule has 0 aromatic heterocycles. The second kappa shape index (κ2) is 6.96. The number of likely N-dealkylation sites (N-methyl/N-ethyl adjacent to an activating group) is 1. The Balaban J connectivity index is 2.31. The predicted octanol–water partition coefficient (Wildman–Crippen LogP) is -0.0291. The van der Waals surface area contributed by atoms with Gasteiger partial charge in [0, 0.05) is 26.7 Å². The molecule has 0 aromatic carbocycles. The zero-order valence-electron chi connectivity index (χ0n) is 11.4. The molecule has 0 radical (unpaired) electrons. The van der Waals surface area contributed by atoms with E-state index in [4.69, 9.17) is 5.11 Å². The maximum Gasteiger partial charge on any atom is 0.317 e. The highest BCUT2D eigenvalue weighted by Crippen LogP contribution is 2.07. The molecule has 1 aliphatic rings. The second-order valence-corrected chi connectivity index (χ2v) is 4.87. The van der Waals surface area contributed by atoms with Crippen molar-refractivity contribution >= 4 is 17.9 Å². The lowest BCUT2D eigenvalue weighted by Crippen LogP contribution is -2.45. The number of hydrogen-bond acceptors (Lipinski definition) is 3. The Kier molecular flexibility index (Phi) is 5.59. The number of aliphatic carboxylic acids is 1. The maximum absolute atomic E-state index is 11.8. The van der Waals surface area contributed by atoms with Crippen LogP contribution in [-0.4, -0.2) is 66.0 Å². The van der Waals surface area contributed by atoms with Crippen molar-refractivity contribution in [3.63, 3.8) is 0 Å². The number of urea groups is 1. The minimum Gasteiger partial charge on any atom is -0.481 e. The molecule has 1 fully saturated rings. The highest BCUT2D eigenvalue weighted by Gasteiger charge is 2.21. The van der Waals surface area contributed by atoms with Crippen LogP contribution < -0.4 is 5.32 Å². The molecule has 0 spiro atoms. The normalized spacial score (nSPS) is 16.0. The van der Waals surface area contributed by atoms with Gasteiger partial charge < -0.3 is 20.2 Å². The Bertz CT molecular complexity index is 353. The van der Waals surface area contributed by atoms with Gasteiger partial charge in [-0.15, -0.1) is 0 Å². The van der Waals surface area contributed by atoms with Crippen LogP contribution in [0.5, 0.6) is 0 Å². The summed E-state index contributed by atoms with van der Waals surface area (Å²) in [4.78, 5) is 37.1. The van der Waals surface area contributed by atoms with E-state index in [1.165, 1.54) is 18.9 Å². The summed E-state index contributed by atoms with van der Waals surface area (Å²) in [5, 5.41) is 11.2. The van der Waals surface area contributed by atoms with Crippen molar-refractivity contribution in [2.75, 3.05) is 33.2 Å². The summed E-state index contributed by atoms with van der Waals surface area (Å²) in [6.45, 7) is 3.09. The molecule has 1 aliphatic heterocycles. The number of carbonyl (C=O) groups excluding carboxylic acids is 2. The van der Waals surface area contributed by atoms with Crippen LogP contribution in [0.4, 0.5) is 4.79 Å². The molecule has 0 saturated carbocycles. The molecule has 108 valence electrons. The molecule has 1 heterocycles. The van der Waals surface area contributed by atoms with E-state index >= 15 is 0 Å². The molecule has 1 atom stereocenters. The van der Waals surface area contributed by atoms with Crippen molar-refractivity contribution < 1.29 is 19.5 Å². The Hall–Kier alpha value is -1.79. The molecule has 0 aromatic rings. The average Bonchev–Trinajstić information content (AvgIpc) is 2.88. The monoisotopic (exact) mass is 271 g/mol. The summed E-state index contributed by atoms with van der Waals surface area (Å²) < 4.78 is 0. The van der Waals surface area contributed by atoms with Crippen molar-refractivity contribution in [2.45, 2.75) is 19.8 Å². The topological polar surface area (TPSA) is 90.0 Å². The van der Waals surface area contributed by atoms with Crippen LogP contribution in [0.1, 0.15) is 19.8 Å². The van der Waals surface area contributed by atoms with E-state index in [0.29, 0.717) is 0 Å². The van der Waals surface area contributed by atoms with Crippen molar-refractivity contribution in [2.24, 2.45) is 5.92 Å². The average molecular weight is 271 g/mol. The first-order chi connectivity index (χ1) is 8.91. The number of carboxylic acids is 1. The molecule has 19 heavy (non-hydrogen) atoms. The van der Waals surface area contributed by atoms with Crippen LogP contribution in [0.2, 0.25) is 0 Å². The molecule has 7 nitrogen and oxygen atoms in total. The first-order valence-corrected chi connectivity index (χ1v) is 6.41. The number of carboxylic acid groups (broad SMARTS) is 1. The first kappa shape index (κ1) is 15.3. The fraction of sp³-hybridized carbons (Fsp3) is 0.750. The second-order valence-electron chi connectivity index (χ2n) is 4.87. The van der Waals surface area contributed by atoms with Gasteiger partial charge in [0.2, 0.25) is 5.91 Å². The third-order valence-electron chi connectivity index (χ3n) is 3.16. The van der Waals surface area contributed by atoms with E-state index in [-0.39, 0.29) is 19.0 Å². The maximum atomic E-state index is 11.8. The van der Waals surface area contributed by atoms with Crippen molar-refractivity contribution in [1.29, 1.82) is 0 Å². The van der Waals surface area contributed by atoms with Gasteiger partial charge in [-0.25, -0.2) is 4.79 Å². The third kappa shape index (κ3) is 4.76. The van der Waals surface area contributed by atoms with Gasteiger partial charge in [0.15, 0.2) is 0 Å². The van der Waals surface area contributed by atoms with Gasteiger partial charge in [-0.1, -0.05) is 6.92 Å². The fourth-order valence-electron chi connectivity index (χ4n) is 1.80. The lowest BCUT2D eigenvalue weighted by molar-refractivity contribution is -0.141. The third-order valence-corrected chi connectivity index (χ3v) is 3.16. The van der Waals surface area contributed by atoms with Crippen molar-refractivity contribution in [3.8, 4) is 0 Å². The highest BCUT2D eigenvalue weighted by atomic mass is 16.4. The van der Waals surface area contributed by atoms with Gasteiger partial charge in [0.05, 0.1) is 5.92 Å². The van der Waals surface area contributed by atoms with Gasteiger partial charge in [-0.3, -0.25) is 9.59 Å². The van der Waals surface area contributed by atoms with Gasteiger partial charge in [0.25, 0.3) is 0 Å². The lowest BCUT2D eigenvalue weighted by atomic mass is 10.2. The fourth-order valence-corrected chi connectivity index (χ4v) is 1.80. The lowest BCUT2D eigenvalue weighted by Gasteiger charge is -2.22. The van der Waals surface area contributed by atoms with Crippen LogP contribution in [0.25, 0.3) is 0 Å². The van der Waals surface area contributed by atoms with E-state index < -0.39 is 17.9 Å². The van der Waals surface area contributed by atoms with Crippen LogP contribution in [0.15, 0.2) is 0 Å². The summed E-state index contributed by atoms with van der Waals surface area (Å²) in [5.41, 5.74) is 0. The van der Waals surface area contributed by atoms with Gasteiger partial charge in [0.1, 0.15) is 6.54 Å². The minimum absolute atomic E-state index is 0.0211. The number of nitrogens with zero attached hydrogens (tertiary/aromatic N) is 2. The number of amides is 3. The Morgan fingerprint density at radius 1 is 1.32 bits per heavy atom. The van der Waals surface area contributed by atoms with Crippen LogP contribution in [-0.2, 0) is 9.59 Å². The van der Waals surface area contributed by atoms with E-state index in [1.54, 1.807) is 4.90 Å². The van der Waals surface area contributed by atoms with Crippen molar-refractivity contribution in [1.82, 2.24) is 15.1 Å².